The molecule has 0 aliphatic carbocycles. The molecule has 3 aliphatic rings. The minimum Gasteiger partial charge on any atom is -0.454 e. The lowest BCUT2D eigenvalue weighted by Gasteiger charge is -2.32. The molecule has 2 amide bonds. The van der Waals surface area contributed by atoms with Gasteiger partial charge in [0.1, 0.15) is 6.04 Å². The van der Waals surface area contributed by atoms with Gasteiger partial charge in [0.2, 0.25) is 18.6 Å². The normalized spacial score (nSPS) is 26.9. The molecule has 134 valence electrons. The molecule has 0 radical (unpaired) electrons. The van der Waals surface area contributed by atoms with Crippen molar-refractivity contribution in [3.05, 3.63) is 23.8 Å². The second-order valence-electron chi connectivity index (χ2n) is 6.81. The SMILES string of the molecule is CCN(Cc1ccc2c(c1)OCO2)C(=O)[C@H]1CS[C@]2(C)CCC(=O)N12. The molecule has 0 aromatic heterocycles. The fourth-order valence-corrected chi connectivity index (χ4v) is 5.24. The molecule has 6 nitrogen and oxygen atoms in total. The van der Waals surface area contributed by atoms with Gasteiger partial charge in [-0.25, -0.2) is 0 Å². The van der Waals surface area contributed by atoms with Gasteiger partial charge in [0.25, 0.3) is 0 Å². The van der Waals surface area contributed by atoms with Crippen LogP contribution in [-0.4, -0.2) is 51.6 Å². The third kappa shape index (κ3) is 2.74. The van der Waals surface area contributed by atoms with Gasteiger partial charge in [0, 0.05) is 25.3 Å². The van der Waals surface area contributed by atoms with Crippen molar-refractivity contribution in [2.75, 3.05) is 19.1 Å². The van der Waals surface area contributed by atoms with E-state index in [4.69, 9.17) is 9.47 Å². The minimum absolute atomic E-state index is 0.0339. The molecule has 1 aromatic rings. The van der Waals surface area contributed by atoms with Crippen LogP contribution in [0.1, 0.15) is 32.3 Å². The summed E-state index contributed by atoms with van der Waals surface area (Å²) >= 11 is 1.73. The maximum absolute atomic E-state index is 13.1. The lowest BCUT2D eigenvalue weighted by atomic mass is 10.1. The van der Waals surface area contributed by atoms with Gasteiger partial charge < -0.3 is 19.3 Å². The van der Waals surface area contributed by atoms with E-state index in [1.165, 1.54) is 0 Å². The summed E-state index contributed by atoms with van der Waals surface area (Å²) in [6, 6.07) is 5.41. The van der Waals surface area contributed by atoms with Crippen molar-refractivity contribution in [3.63, 3.8) is 0 Å². The highest BCUT2D eigenvalue weighted by molar-refractivity contribution is 8.01. The number of amides is 2. The van der Waals surface area contributed by atoms with E-state index in [-0.39, 0.29) is 29.5 Å². The zero-order valence-corrected chi connectivity index (χ0v) is 15.3. The first kappa shape index (κ1) is 16.6. The summed E-state index contributed by atoms with van der Waals surface area (Å²) in [4.78, 5) is 28.8. The molecular formula is C18H22N2O4S. The Morgan fingerprint density at radius 3 is 3.00 bits per heavy atom. The summed E-state index contributed by atoms with van der Waals surface area (Å²) < 4.78 is 10.8. The van der Waals surface area contributed by atoms with E-state index in [2.05, 4.69) is 6.92 Å². The first-order chi connectivity index (χ1) is 12.0. The third-order valence-corrected chi connectivity index (χ3v) is 6.74. The second kappa shape index (κ2) is 6.12. The predicted molar refractivity (Wildman–Crippen MR) is 94.4 cm³/mol. The number of thioether (sulfide) groups is 1. The molecule has 4 rings (SSSR count). The van der Waals surface area contributed by atoms with Crippen molar-refractivity contribution in [2.45, 2.75) is 44.1 Å². The van der Waals surface area contributed by atoms with Crippen LogP contribution in [0.5, 0.6) is 11.5 Å². The average Bonchev–Trinajstić information content (AvgIpc) is 3.27. The van der Waals surface area contributed by atoms with Crippen LogP contribution in [-0.2, 0) is 16.1 Å². The molecular weight excluding hydrogens is 340 g/mol. The fourth-order valence-electron chi connectivity index (χ4n) is 3.82. The summed E-state index contributed by atoms with van der Waals surface area (Å²) in [5.74, 6) is 2.28. The maximum Gasteiger partial charge on any atom is 0.246 e. The topological polar surface area (TPSA) is 59.1 Å². The van der Waals surface area contributed by atoms with Crippen molar-refractivity contribution < 1.29 is 19.1 Å². The molecule has 0 saturated carbocycles. The maximum atomic E-state index is 13.1. The Hall–Kier alpha value is -1.89. The predicted octanol–water partition coefficient (Wildman–Crippen LogP) is 2.22. The average molecular weight is 362 g/mol. The highest BCUT2D eigenvalue weighted by atomic mass is 32.2. The first-order valence-corrected chi connectivity index (χ1v) is 9.64. The Morgan fingerprint density at radius 1 is 1.40 bits per heavy atom. The number of hydrogen-bond acceptors (Lipinski definition) is 5. The molecule has 0 bridgehead atoms. The van der Waals surface area contributed by atoms with E-state index < -0.39 is 0 Å². The monoisotopic (exact) mass is 362 g/mol. The van der Waals surface area contributed by atoms with Crippen LogP contribution in [0.4, 0.5) is 0 Å². The third-order valence-electron chi connectivity index (χ3n) is 5.23. The molecule has 2 atom stereocenters. The van der Waals surface area contributed by atoms with Gasteiger partial charge in [-0.3, -0.25) is 9.59 Å². The van der Waals surface area contributed by atoms with E-state index >= 15 is 0 Å². The van der Waals surface area contributed by atoms with Crippen molar-refractivity contribution >= 4 is 23.6 Å². The van der Waals surface area contributed by atoms with Crippen molar-refractivity contribution in [2.24, 2.45) is 0 Å². The smallest absolute Gasteiger partial charge is 0.246 e. The second-order valence-corrected chi connectivity index (χ2v) is 8.31. The number of nitrogens with zero attached hydrogens (tertiary/aromatic N) is 2. The van der Waals surface area contributed by atoms with Crippen LogP contribution in [0.25, 0.3) is 0 Å². The summed E-state index contributed by atoms with van der Waals surface area (Å²) in [5, 5.41) is 0. The van der Waals surface area contributed by atoms with Gasteiger partial charge in [-0.2, -0.15) is 0 Å². The van der Waals surface area contributed by atoms with Gasteiger partial charge in [-0.05, 0) is 38.0 Å². The largest absolute Gasteiger partial charge is 0.454 e. The Labute approximate surface area is 151 Å². The van der Waals surface area contributed by atoms with Gasteiger partial charge in [-0.15, -0.1) is 11.8 Å². The van der Waals surface area contributed by atoms with E-state index in [9.17, 15) is 9.59 Å². The Kier molecular flexibility index (Phi) is 4.06. The van der Waals surface area contributed by atoms with Crippen LogP contribution < -0.4 is 9.47 Å². The van der Waals surface area contributed by atoms with Crippen molar-refractivity contribution in [1.29, 1.82) is 0 Å². The molecule has 2 saturated heterocycles. The van der Waals surface area contributed by atoms with Crippen LogP contribution in [0.2, 0.25) is 0 Å². The highest BCUT2D eigenvalue weighted by Gasteiger charge is 2.53. The molecule has 1 aromatic carbocycles. The summed E-state index contributed by atoms with van der Waals surface area (Å²) in [6.45, 7) is 5.39. The summed E-state index contributed by atoms with van der Waals surface area (Å²) in [6.07, 6.45) is 1.37. The summed E-state index contributed by atoms with van der Waals surface area (Å²) in [5.41, 5.74) is 1.00. The molecule has 0 spiro atoms. The summed E-state index contributed by atoms with van der Waals surface area (Å²) in [7, 11) is 0. The Bertz CT molecular complexity index is 725. The standard InChI is InChI=1S/C18H22N2O4S/c1-3-19(9-12-4-5-14-15(8-12)24-11-23-14)17(22)13-10-25-18(2)7-6-16(21)20(13)18/h4-5,8,13H,3,6-7,9-11H2,1-2H3/t13-,18-/m1/s1. The van der Waals surface area contributed by atoms with Crippen LogP contribution in [0.15, 0.2) is 18.2 Å². The molecule has 3 aliphatic heterocycles. The highest BCUT2D eigenvalue weighted by Crippen LogP contribution is 2.47. The van der Waals surface area contributed by atoms with Crippen molar-refractivity contribution in [1.82, 2.24) is 9.80 Å². The van der Waals surface area contributed by atoms with Gasteiger partial charge in [0.05, 0.1) is 4.87 Å². The lowest BCUT2D eigenvalue weighted by molar-refractivity contribution is -0.144. The number of likely N-dealkylation sites (N-methyl/N-ethyl adjacent to an activating group) is 1. The van der Waals surface area contributed by atoms with Gasteiger partial charge >= 0.3 is 0 Å². The van der Waals surface area contributed by atoms with Gasteiger partial charge in [0.15, 0.2) is 11.5 Å². The van der Waals surface area contributed by atoms with Crippen molar-refractivity contribution in [3.8, 4) is 11.5 Å². The van der Waals surface area contributed by atoms with E-state index in [0.29, 0.717) is 25.3 Å². The zero-order valence-electron chi connectivity index (χ0n) is 14.5. The molecule has 3 heterocycles. The number of carbonyl (C=O) groups is 2. The van der Waals surface area contributed by atoms with Crippen LogP contribution in [0.3, 0.4) is 0 Å². The lowest BCUT2D eigenvalue weighted by Crippen LogP contribution is -2.51. The molecule has 0 N–H and O–H groups in total. The number of fused-ring (bicyclic) bond motifs is 2. The van der Waals surface area contributed by atoms with E-state index in [1.807, 2.05) is 34.9 Å². The molecule has 2 fully saturated rings. The number of rotatable bonds is 4. The van der Waals surface area contributed by atoms with Crippen LogP contribution in [0, 0.1) is 0 Å². The molecule has 25 heavy (non-hydrogen) atoms. The first-order valence-electron chi connectivity index (χ1n) is 8.65. The van der Waals surface area contributed by atoms with Gasteiger partial charge in [-0.1, -0.05) is 6.07 Å². The number of hydrogen-bond donors (Lipinski definition) is 0. The molecule has 0 unspecified atom stereocenters. The van der Waals surface area contributed by atoms with E-state index in [1.54, 1.807) is 11.8 Å². The molecule has 7 heteroatoms. The Morgan fingerprint density at radius 2 is 2.20 bits per heavy atom. The zero-order chi connectivity index (χ0) is 17.6. The fraction of sp³-hybridized carbons (Fsp3) is 0.556. The Balaban J connectivity index is 1.51. The van der Waals surface area contributed by atoms with Crippen LogP contribution >= 0.6 is 11.8 Å². The minimum atomic E-state index is -0.348. The quantitative estimate of drug-likeness (QED) is 0.822. The number of ether oxygens (including phenoxy) is 2. The number of benzene rings is 1. The number of carbonyl (C=O) groups excluding carboxylic acids is 2. The van der Waals surface area contributed by atoms with E-state index in [0.717, 1.165) is 23.5 Å².